The van der Waals surface area contributed by atoms with Crippen LogP contribution in [0, 0.1) is 0 Å². The van der Waals surface area contributed by atoms with Gasteiger partial charge in [0.05, 0.1) is 4.90 Å². The van der Waals surface area contributed by atoms with Crippen molar-refractivity contribution in [2.75, 3.05) is 13.1 Å². The van der Waals surface area contributed by atoms with E-state index >= 15 is 0 Å². The normalized spacial score (nSPS) is 13.0. The van der Waals surface area contributed by atoms with Crippen LogP contribution in [-0.4, -0.2) is 36.3 Å². The van der Waals surface area contributed by atoms with Gasteiger partial charge in [-0.05, 0) is 36.8 Å². The zero-order valence-corrected chi connectivity index (χ0v) is 15.7. The maximum atomic E-state index is 12.4. The number of hydrogen-bond donors (Lipinski definition) is 1. The second-order valence-corrected chi connectivity index (χ2v) is 7.70. The standard InChI is InChI=1S/C18H25N3O3S/c1-4-21(5-2)25(23,24)17-10-8-16(9-11-17)14-19-18(22)15(3)20-12-6-7-13-20/h6-13,15H,4-5,14H2,1-3H3,(H,19,22)/t15-/m1/s1. The summed E-state index contributed by atoms with van der Waals surface area (Å²) in [6.45, 7) is 6.70. The molecule has 1 aromatic heterocycles. The van der Waals surface area contributed by atoms with E-state index in [0.717, 1.165) is 5.56 Å². The largest absolute Gasteiger partial charge is 0.350 e. The Morgan fingerprint density at radius 3 is 2.20 bits per heavy atom. The van der Waals surface area contributed by atoms with Crippen LogP contribution in [0.15, 0.2) is 53.7 Å². The van der Waals surface area contributed by atoms with E-state index in [1.165, 1.54) is 4.31 Å². The van der Waals surface area contributed by atoms with Gasteiger partial charge in [0, 0.05) is 32.0 Å². The van der Waals surface area contributed by atoms with Crippen molar-refractivity contribution in [3.05, 3.63) is 54.4 Å². The van der Waals surface area contributed by atoms with Crippen molar-refractivity contribution in [2.45, 2.75) is 38.3 Å². The first kappa shape index (κ1) is 19.2. The summed E-state index contributed by atoms with van der Waals surface area (Å²) in [6, 6.07) is 10.1. The molecular weight excluding hydrogens is 338 g/mol. The van der Waals surface area contributed by atoms with E-state index in [9.17, 15) is 13.2 Å². The number of benzene rings is 1. The summed E-state index contributed by atoms with van der Waals surface area (Å²) in [6.07, 6.45) is 3.69. The van der Waals surface area contributed by atoms with Gasteiger partial charge in [0.25, 0.3) is 0 Å². The van der Waals surface area contributed by atoms with Crippen LogP contribution in [0.2, 0.25) is 0 Å². The minimum absolute atomic E-state index is 0.0870. The number of sulfonamides is 1. The van der Waals surface area contributed by atoms with E-state index in [-0.39, 0.29) is 16.8 Å². The highest BCUT2D eigenvalue weighted by Crippen LogP contribution is 2.16. The van der Waals surface area contributed by atoms with E-state index in [1.54, 1.807) is 24.3 Å². The molecule has 0 spiro atoms. The Morgan fingerprint density at radius 1 is 1.12 bits per heavy atom. The topological polar surface area (TPSA) is 71.4 Å². The first-order valence-corrected chi connectivity index (χ1v) is 9.83. The molecule has 0 fully saturated rings. The number of carbonyl (C=O) groups is 1. The van der Waals surface area contributed by atoms with E-state index < -0.39 is 10.0 Å². The molecular formula is C18H25N3O3S. The second-order valence-electron chi connectivity index (χ2n) is 5.76. The van der Waals surface area contributed by atoms with Gasteiger partial charge in [-0.25, -0.2) is 8.42 Å². The number of rotatable bonds is 8. The van der Waals surface area contributed by atoms with Crippen molar-refractivity contribution in [1.29, 1.82) is 0 Å². The Labute approximate surface area is 149 Å². The first-order valence-electron chi connectivity index (χ1n) is 8.39. The van der Waals surface area contributed by atoms with Crippen molar-refractivity contribution >= 4 is 15.9 Å². The molecule has 6 nitrogen and oxygen atoms in total. The third-order valence-corrected chi connectivity index (χ3v) is 6.25. The van der Waals surface area contributed by atoms with Gasteiger partial charge in [0.2, 0.25) is 15.9 Å². The van der Waals surface area contributed by atoms with Crippen molar-refractivity contribution < 1.29 is 13.2 Å². The lowest BCUT2D eigenvalue weighted by atomic mass is 10.2. The maximum absolute atomic E-state index is 12.4. The molecule has 0 aliphatic heterocycles. The summed E-state index contributed by atoms with van der Waals surface area (Å²) >= 11 is 0. The highest BCUT2D eigenvalue weighted by Gasteiger charge is 2.21. The molecule has 0 radical (unpaired) electrons. The quantitative estimate of drug-likeness (QED) is 0.783. The summed E-state index contributed by atoms with van der Waals surface area (Å²) in [4.78, 5) is 12.4. The lowest BCUT2D eigenvalue weighted by Gasteiger charge is -2.18. The van der Waals surface area contributed by atoms with Gasteiger partial charge in [0.1, 0.15) is 6.04 Å². The van der Waals surface area contributed by atoms with E-state index in [4.69, 9.17) is 0 Å². The number of carbonyl (C=O) groups excluding carboxylic acids is 1. The molecule has 25 heavy (non-hydrogen) atoms. The van der Waals surface area contributed by atoms with Crippen molar-refractivity contribution in [3.8, 4) is 0 Å². The van der Waals surface area contributed by atoms with Crippen LogP contribution in [0.25, 0.3) is 0 Å². The van der Waals surface area contributed by atoms with E-state index in [0.29, 0.717) is 19.6 Å². The van der Waals surface area contributed by atoms with Crippen LogP contribution in [0.5, 0.6) is 0 Å². The molecule has 1 aromatic carbocycles. The van der Waals surface area contributed by atoms with Crippen LogP contribution in [0.3, 0.4) is 0 Å². The summed E-state index contributed by atoms with van der Waals surface area (Å²) in [5.74, 6) is -0.0870. The molecule has 1 N–H and O–H groups in total. The van der Waals surface area contributed by atoms with Crippen LogP contribution in [0.1, 0.15) is 32.4 Å². The van der Waals surface area contributed by atoms with Gasteiger partial charge in [-0.2, -0.15) is 4.31 Å². The molecule has 0 unspecified atom stereocenters. The summed E-state index contributed by atoms with van der Waals surface area (Å²) < 4.78 is 28.1. The third-order valence-electron chi connectivity index (χ3n) is 4.19. The number of amides is 1. The number of nitrogens with one attached hydrogen (secondary N) is 1. The number of aromatic nitrogens is 1. The minimum atomic E-state index is -3.45. The molecule has 1 heterocycles. The Bertz CT molecular complexity index is 779. The Balaban J connectivity index is 2.00. The summed E-state index contributed by atoms with van der Waals surface area (Å²) in [5, 5.41) is 2.87. The van der Waals surface area contributed by atoms with Gasteiger partial charge in [-0.3, -0.25) is 4.79 Å². The zero-order valence-electron chi connectivity index (χ0n) is 14.8. The smallest absolute Gasteiger partial charge is 0.243 e. The molecule has 136 valence electrons. The molecule has 1 atom stereocenters. The SMILES string of the molecule is CCN(CC)S(=O)(=O)c1ccc(CNC(=O)[C@@H](C)n2cccc2)cc1. The molecule has 2 aromatic rings. The average Bonchev–Trinajstić information content (AvgIpc) is 3.14. The molecule has 1 amide bonds. The van der Waals surface area contributed by atoms with Gasteiger partial charge in [-0.1, -0.05) is 26.0 Å². The lowest BCUT2D eigenvalue weighted by Crippen LogP contribution is -2.31. The Kier molecular flexibility index (Phi) is 6.39. The monoisotopic (exact) mass is 363 g/mol. The van der Waals surface area contributed by atoms with Gasteiger partial charge in [-0.15, -0.1) is 0 Å². The molecule has 7 heteroatoms. The first-order chi connectivity index (χ1) is 11.9. The fourth-order valence-electron chi connectivity index (χ4n) is 2.57. The van der Waals surface area contributed by atoms with E-state index in [1.807, 2.05) is 49.9 Å². The van der Waals surface area contributed by atoms with Gasteiger partial charge >= 0.3 is 0 Å². The number of hydrogen-bond acceptors (Lipinski definition) is 3. The minimum Gasteiger partial charge on any atom is -0.350 e. The van der Waals surface area contributed by atoms with E-state index in [2.05, 4.69) is 5.32 Å². The molecule has 0 saturated carbocycles. The molecule has 0 aliphatic carbocycles. The predicted octanol–water partition coefficient (Wildman–Crippen LogP) is 2.40. The number of nitrogens with zero attached hydrogens (tertiary/aromatic N) is 2. The molecule has 0 saturated heterocycles. The van der Waals surface area contributed by atoms with Crippen molar-refractivity contribution in [2.24, 2.45) is 0 Å². The van der Waals surface area contributed by atoms with Crippen LogP contribution >= 0.6 is 0 Å². The van der Waals surface area contributed by atoms with Crippen LogP contribution in [0.4, 0.5) is 0 Å². The highest BCUT2D eigenvalue weighted by atomic mass is 32.2. The van der Waals surface area contributed by atoms with Gasteiger partial charge in [0.15, 0.2) is 0 Å². The summed E-state index contributed by atoms with van der Waals surface area (Å²) in [7, 11) is -3.45. The predicted molar refractivity (Wildman–Crippen MR) is 97.5 cm³/mol. The molecule has 0 bridgehead atoms. The Hall–Kier alpha value is -2.12. The zero-order chi connectivity index (χ0) is 18.4. The third kappa shape index (κ3) is 4.49. The van der Waals surface area contributed by atoms with Crippen molar-refractivity contribution in [3.63, 3.8) is 0 Å². The Morgan fingerprint density at radius 2 is 1.68 bits per heavy atom. The van der Waals surface area contributed by atoms with Crippen molar-refractivity contribution in [1.82, 2.24) is 14.2 Å². The molecule has 2 rings (SSSR count). The fourth-order valence-corrected chi connectivity index (χ4v) is 4.03. The highest BCUT2D eigenvalue weighted by molar-refractivity contribution is 7.89. The second kappa shape index (κ2) is 8.31. The average molecular weight is 363 g/mol. The van der Waals surface area contributed by atoms with Gasteiger partial charge < -0.3 is 9.88 Å². The van der Waals surface area contributed by atoms with Crippen LogP contribution < -0.4 is 5.32 Å². The summed E-state index contributed by atoms with van der Waals surface area (Å²) in [5.41, 5.74) is 0.853. The fraction of sp³-hybridized carbons (Fsp3) is 0.389. The molecule has 0 aliphatic rings. The van der Waals surface area contributed by atoms with Crippen LogP contribution in [-0.2, 0) is 21.4 Å². The lowest BCUT2D eigenvalue weighted by molar-refractivity contribution is -0.124. The maximum Gasteiger partial charge on any atom is 0.243 e.